The highest BCUT2D eigenvalue weighted by Crippen LogP contribution is 2.11. The van der Waals surface area contributed by atoms with Gasteiger partial charge in [0.1, 0.15) is 0 Å². The summed E-state index contributed by atoms with van der Waals surface area (Å²) in [6, 6.07) is 0. The van der Waals surface area contributed by atoms with Crippen molar-refractivity contribution in [1.29, 1.82) is 0 Å². The fourth-order valence-corrected chi connectivity index (χ4v) is 2.98. The van der Waals surface area contributed by atoms with Gasteiger partial charge in [0.2, 0.25) is 0 Å². The Morgan fingerprint density at radius 3 is 2.88 bits per heavy atom. The fraction of sp³-hybridized carbons (Fsp3) is 0.778. The monoisotopic (exact) mass is 351 g/mol. The van der Waals surface area contributed by atoms with E-state index < -0.39 is 0 Å². The number of nitrogens with zero attached hydrogens (tertiary/aromatic N) is 3. The summed E-state index contributed by atoms with van der Waals surface area (Å²) in [6.45, 7) is 11.0. The van der Waals surface area contributed by atoms with Gasteiger partial charge in [-0.2, -0.15) is 5.10 Å². The van der Waals surface area contributed by atoms with Crippen LogP contribution >= 0.6 is 0 Å². The van der Waals surface area contributed by atoms with Crippen LogP contribution in [0.3, 0.4) is 0 Å². The first kappa shape index (κ1) is 19.7. The van der Waals surface area contributed by atoms with Crippen molar-refractivity contribution in [3.8, 4) is 0 Å². The lowest BCUT2D eigenvalue weighted by Gasteiger charge is -2.12. The predicted molar refractivity (Wildman–Crippen MR) is 100 cm³/mol. The van der Waals surface area contributed by atoms with E-state index in [9.17, 15) is 0 Å². The molecule has 0 bridgehead atoms. The highest BCUT2D eigenvalue weighted by molar-refractivity contribution is 5.79. The Morgan fingerprint density at radius 2 is 2.24 bits per heavy atom. The fourth-order valence-electron chi connectivity index (χ4n) is 2.98. The Hall–Kier alpha value is -1.60. The van der Waals surface area contributed by atoms with E-state index >= 15 is 0 Å². The first-order chi connectivity index (χ1) is 12.1. The lowest BCUT2D eigenvalue weighted by molar-refractivity contribution is 0.0424. The van der Waals surface area contributed by atoms with Crippen LogP contribution in [0.5, 0.6) is 0 Å². The molecule has 1 aliphatic rings. The van der Waals surface area contributed by atoms with Crippen molar-refractivity contribution in [2.75, 3.05) is 39.5 Å². The smallest absolute Gasteiger partial charge is 0.191 e. The number of hydrogen-bond donors (Lipinski definition) is 2. The molecule has 1 aromatic rings. The molecular weight excluding hydrogens is 318 g/mol. The summed E-state index contributed by atoms with van der Waals surface area (Å²) in [7, 11) is 1.99. The topological polar surface area (TPSA) is 72.7 Å². The van der Waals surface area contributed by atoms with E-state index in [0.717, 1.165) is 70.4 Å². The van der Waals surface area contributed by atoms with Crippen molar-refractivity contribution in [2.45, 2.75) is 46.1 Å². The van der Waals surface area contributed by atoms with Crippen molar-refractivity contribution in [1.82, 2.24) is 20.4 Å². The number of hydrogen-bond acceptors (Lipinski definition) is 4. The molecule has 0 amide bonds. The zero-order chi connectivity index (χ0) is 18.1. The van der Waals surface area contributed by atoms with E-state index in [2.05, 4.69) is 41.5 Å². The zero-order valence-corrected chi connectivity index (χ0v) is 16.1. The van der Waals surface area contributed by atoms with Crippen molar-refractivity contribution in [3.05, 3.63) is 17.0 Å². The van der Waals surface area contributed by atoms with Gasteiger partial charge in [-0.15, -0.1) is 0 Å². The highest BCUT2D eigenvalue weighted by Gasteiger charge is 2.15. The van der Waals surface area contributed by atoms with Crippen LogP contribution in [-0.2, 0) is 22.9 Å². The molecule has 2 rings (SSSR count). The average Bonchev–Trinajstić information content (AvgIpc) is 3.18. The maximum absolute atomic E-state index is 5.77. The summed E-state index contributed by atoms with van der Waals surface area (Å²) in [5.41, 5.74) is 3.66. The van der Waals surface area contributed by atoms with Gasteiger partial charge in [-0.25, -0.2) is 0 Å². The maximum atomic E-state index is 5.77. The van der Waals surface area contributed by atoms with Crippen LogP contribution < -0.4 is 10.6 Å². The van der Waals surface area contributed by atoms with Crippen molar-refractivity contribution >= 4 is 5.96 Å². The molecule has 1 aromatic heterocycles. The van der Waals surface area contributed by atoms with Gasteiger partial charge in [0.25, 0.3) is 0 Å². The molecule has 2 N–H and O–H groups in total. The van der Waals surface area contributed by atoms with E-state index in [1.54, 1.807) is 0 Å². The molecule has 1 unspecified atom stereocenters. The molecule has 2 heterocycles. The molecule has 1 saturated heterocycles. The van der Waals surface area contributed by atoms with E-state index in [1.807, 2.05) is 11.7 Å². The van der Waals surface area contributed by atoms with Gasteiger partial charge in [0, 0.05) is 45.6 Å². The van der Waals surface area contributed by atoms with Gasteiger partial charge in [-0.05, 0) is 45.6 Å². The third-order valence-corrected chi connectivity index (χ3v) is 4.48. The third-order valence-electron chi connectivity index (χ3n) is 4.48. The summed E-state index contributed by atoms with van der Waals surface area (Å²) in [5, 5.41) is 11.2. The molecule has 7 nitrogen and oxygen atoms in total. The molecule has 0 saturated carbocycles. The number of aromatic nitrogens is 2. The van der Waals surface area contributed by atoms with Crippen LogP contribution in [0.2, 0.25) is 0 Å². The molecule has 0 radical (unpaired) electrons. The largest absolute Gasteiger partial charge is 0.379 e. The molecule has 1 aliphatic heterocycles. The lowest BCUT2D eigenvalue weighted by atomic mass is 10.1. The van der Waals surface area contributed by atoms with Gasteiger partial charge in [0.15, 0.2) is 5.96 Å². The maximum Gasteiger partial charge on any atom is 0.191 e. The summed E-state index contributed by atoms with van der Waals surface area (Å²) < 4.78 is 13.0. The number of rotatable bonds is 9. The summed E-state index contributed by atoms with van der Waals surface area (Å²) in [6.07, 6.45) is 3.16. The number of aryl methyl sites for hydroxylation is 2. The standard InChI is InChI=1S/C18H33N5O2/c1-5-19-18(20-9-6-11-25-16-8-12-24-13-16)21-10-7-17-14(2)22-23(4)15(17)3/h16H,5-13H2,1-4H3,(H2,19,20,21). The van der Waals surface area contributed by atoms with Crippen LogP contribution in [0.25, 0.3) is 0 Å². The van der Waals surface area contributed by atoms with Crippen molar-refractivity contribution < 1.29 is 9.47 Å². The number of aliphatic imine (C=N–C) groups is 1. The Morgan fingerprint density at radius 1 is 1.40 bits per heavy atom. The molecule has 1 atom stereocenters. The second-order valence-corrected chi connectivity index (χ2v) is 6.42. The minimum Gasteiger partial charge on any atom is -0.379 e. The second kappa shape index (κ2) is 10.4. The first-order valence-electron chi connectivity index (χ1n) is 9.32. The normalized spacial score (nSPS) is 17.9. The van der Waals surface area contributed by atoms with Crippen molar-refractivity contribution in [3.63, 3.8) is 0 Å². The Labute approximate surface area is 151 Å². The third kappa shape index (κ3) is 6.32. The van der Waals surface area contributed by atoms with Crippen LogP contribution in [0.4, 0.5) is 0 Å². The Bertz CT molecular complexity index is 550. The molecule has 7 heteroatoms. The van der Waals surface area contributed by atoms with Crippen LogP contribution in [-0.4, -0.2) is 61.3 Å². The van der Waals surface area contributed by atoms with Crippen molar-refractivity contribution in [2.24, 2.45) is 12.0 Å². The van der Waals surface area contributed by atoms with E-state index in [1.165, 1.54) is 11.3 Å². The van der Waals surface area contributed by atoms with E-state index in [-0.39, 0.29) is 6.10 Å². The van der Waals surface area contributed by atoms with Gasteiger partial charge < -0.3 is 20.1 Å². The Balaban J connectivity index is 1.69. The number of nitrogens with one attached hydrogen (secondary N) is 2. The second-order valence-electron chi connectivity index (χ2n) is 6.42. The highest BCUT2D eigenvalue weighted by atomic mass is 16.5. The minimum atomic E-state index is 0.279. The molecule has 142 valence electrons. The molecule has 0 spiro atoms. The first-order valence-corrected chi connectivity index (χ1v) is 9.32. The predicted octanol–water partition coefficient (Wildman–Crippen LogP) is 1.33. The van der Waals surface area contributed by atoms with Gasteiger partial charge in [-0.3, -0.25) is 9.67 Å². The minimum absolute atomic E-state index is 0.279. The number of guanidine groups is 1. The summed E-state index contributed by atoms with van der Waals surface area (Å²) in [4.78, 5) is 4.62. The van der Waals surface area contributed by atoms with Crippen LogP contribution in [0, 0.1) is 13.8 Å². The van der Waals surface area contributed by atoms with Gasteiger partial charge >= 0.3 is 0 Å². The number of ether oxygens (including phenoxy) is 2. The van der Waals surface area contributed by atoms with Gasteiger partial charge in [-0.1, -0.05) is 0 Å². The quantitative estimate of drug-likeness (QED) is 0.399. The zero-order valence-electron chi connectivity index (χ0n) is 16.1. The van der Waals surface area contributed by atoms with Crippen LogP contribution in [0.1, 0.15) is 36.7 Å². The van der Waals surface area contributed by atoms with Gasteiger partial charge in [0.05, 0.1) is 18.4 Å². The summed E-state index contributed by atoms with van der Waals surface area (Å²) >= 11 is 0. The van der Waals surface area contributed by atoms with E-state index in [0.29, 0.717) is 0 Å². The van der Waals surface area contributed by atoms with E-state index in [4.69, 9.17) is 9.47 Å². The summed E-state index contributed by atoms with van der Waals surface area (Å²) in [5.74, 6) is 0.867. The SMILES string of the molecule is CCNC(=NCCCOC1CCOC1)NCCc1c(C)nn(C)c1C. The molecule has 1 fully saturated rings. The molecule has 25 heavy (non-hydrogen) atoms. The Kier molecular flexibility index (Phi) is 8.21. The molecular formula is C18H33N5O2. The average molecular weight is 351 g/mol. The lowest BCUT2D eigenvalue weighted by Crippen LogP contribution is -2.38. The van der Waals surface area contributed by atoms with Crippen LogP contribution in [0.15, 0.2) is 4.99 Å². The molecule has 0 aromatic carbocycles. The molecule has 0 aliphatic carbocycles.